The second kappa shape index (κ2) is 7.45. The molecule has 0 spiro atoms. The van der Waals surface area contributed by atoms with Crippen molar-refractivity contribution in [2.24, 2.45) is 0 Å². The van der Waals surface area contributed by atoms with Gasteiger partial charge in [0.1, 0.15) is 0 Å². The maximum absolute atomic E-state index is 12.0. The zero-order valence-electron chi connectivity index (χ0n) is 14.2. The third kappa shape index (κ3) is 3.41. The summed E-state index contributed by atoms with van der Waals surface area (Å²) in [7, 11) is 0. The molecule has 0 radical (unpaired) electrons. The molecule has 1 aromatic carbocycles. The molecule has 0 saturated heterocycles. The van der Waals surface area contributed by atoms with E-state index in [1.807, 2.05) is 36.4 Å². The van der Waals surface area contributed by atoms with Crippen molar-refractivity contribution in [1.82, 2.24) is 10.3 Å². The standard InChI is InChI=1S/C11H10N2O.C10H14/c14-11-7-3-1-2-4-9(7)13-10-6-12-5-8(10)11;1-3-4-7-10-8-5-6-9(10)2/h1-4,12H,5-6H2,(H,13,14);3-4,7H,1,5-6,8H2,2H3/b;7-4-. The number of hydrogen-bond donors (Lipinski definition) is 2. The van der Waals surface area contributed by atoms with Crippen molar-refractivity contribution in [3.05, 3.63) is 81.7 Å². The van der Waals surface area contributed by atoms with Gasteiger partial charge in [-0.2, -0.15) is 0 Å². The predicted octanol–water partition coefficient (Wildman–Crippen LogP) is 4.36. The minimum atomic E-state index is 0.166. The first-order valence-corrected chi connectivity index (χ1v) is 8.52. The summed E-state index contributed by atoms with van der Waals surface area (Å²) in [6.07, 6.45) is 9.91. The van der Waals surface area contributed by atoms with Crippen molar-refractivity contribution < 1.29 is 0 Å². The molecule has 3 heteroatoms. The van der Waals surface area contributed by atoms with Gasteiger partial charge in [-0.05, 0) is 43.9 Å². The van der Waals surface area contributed by atoms with Crippen molar-refractivity contribution in [3.63, 3.8) is 0 Å². The van der Waals surface area contributed by atoms with E-state index in [0.717, 1.165) is 28.7 Å². The van der Waals surface area contributed by atoms with Gasteiger partial charge in [-0.1, -0.05) is 42.5 Å². The minimum absolute atomic E-state index is 0.166. The van der Waals surface area contributed by atoms with Gasteiger partial charge in [-0.25, -0.2) is 0 Å². The zero-order valence-corrected chi connectivity index (χ0v) is 14.2. The first-order chi connectivity index (χ1) is 11.7. The Balaban J connectivity index is 0.000000150. The van der Waals surface area contributed by atoms with Crippen LogP contribution in [0.2, 0.25) is 0 Å². The van der Waals surface area contributed by atoms with E-state index in [1.165, 1.54) is 24.8 Å². The Kier molecular flexibility index (Phi) is 5.11. The number of rotatable bonds is 2. The van der Waals surface area contributed by atoms with Crippen LogP contribution in [0.15, 0.2) is 65.0 Å². The van der Waals surface area contributed by atoms with E-state index in [-0.39, 0.29) is 5.43 Å². The van der Waals surface area contributed by atoms with Crippen molar-refractivity contribution in [3.8, 4) is 0 Å². The molecular formula is C21H24N2O. The lowest BCUT2D eigenvalue weighted by Gasteiger charge is -2.01. The number of benzene rings is 1. The van der Waals surface area contributed by atoms with Crippen molar-refractivity contribution in [1.29, 1.82) is 0 Å². The number of allylic oxidation sites excluding steroid dienone is 5. The van der Waals surface area contributed by atoms with Gasteiger partial charge in [0.2, 0.25) is 0 Å². The lowest BCUT2D eigenvalue weighted by molar-refractivity contribution is 0.757. The quantitative estimate of drug-likeness (QED) is 0.808. The summed E-state index contributed by atoms with van der Waals surface area (Å²) in [5.74, 6) is 0. The molecular weight excluding hydrogens is 296 g/mol. The summed E-state index contributed by atoms with van der Waals surface area (Å²) in [6, 6.07) is 7.64. The molecule has 124 valence electrons. The average Bonchev–Trinajstić information content (AvgIpc) is 3.23. The largest absolute Gasteiger partial charge is 0.357 e. The Hall–Kier alpha value is -2.39. The van der Waals surface area contributed by atoms with Crippen LogP contribution in [0.1, 0.15) is 37.4 Å². The molecule has 2 aliphatic rings. The van der Waals surface area contributed by atoms with Gasteiger partial charge in [0.05, 0.1) is 0 Å². The first-order valence-electron chi connectivity index (χ1n) is 8.52. The molecule has 0 saturated carbocycles. The van der Waals surface area contributed by atoms with Crippen LogP contribution in [0, 0.1) is 0 Å². The summed E-state index contributed by atoms with van der Waals surface area (Å²) in [5.41, 5.74) is 6.09. The van der Waals surface area contributed by atoms with E-state index in [1.54, 1.807) is 5.57 Å². The molecule has 1 aliphatic carbocycles. The monoisotopic (exact) mass is 320 g/mol. The second-order valence-corrected chi connectivity index (χ2v) is 6.31. The van der Waals surface area contributed by atoms with Crippen molar-refractivity contribution in [2.45, 2.75) is 39.3 Å². The van der Waals surface area contributed by atoms with Gasteiger partial charge in [0.15, 0.2) is 5.43 Å². The summed E-state index contributed by atoms with van der Waals surface area (Å²) in [5, 5.41) is 3.96. The Bertz CT molecular complexity index is 871. The average molecular weight is 320 g/mol. The summed E-state index contributed by atoms with van der Waals surface area (Å²) >= 11 is 0. The van der Waals surface area contributed by atoms with Crippen LogP contribution >= 0.6 is 0 Å². The SMILES string of the molecule is C=C/C=C\C1=C(C)CCC1.O=c1c2c([nH]c3ccccc13)CNC2. The molecule has 0 atom stereocenters. The number of H-pyrrole nitrogens is 1. The van der Waals surface area contributed by atoms with Crippen molar-refractivity contribution in [2.75, 3.05) is 0 Å². The molecule has 1 aromatic heterocycles. The molecule has 2 aromatic rings. The highest BCUT2D eigenvalue weighted by atomic mass is 16.1. The van der Waals surface area contributed by atoms with Gasteiger partial charge in [-0.3, -0.25) is 4.79 Å². The van der Waals surface area contributed by atoms with Gasteiger partial charge < -0.3 is 10.3 Å². The fourth-order valence-corrected chi connectivity index (χ4v) is 3.31. The van der Waals surface area contributed by atoms with Crippen LogP contribution in [0.25, 0.3) is 10.9 Å². The number of fused-ring (bicyclic) bond motifs is 2. The maximum atomic E-state index is 12.0. The normalized spacial score (nSPS) is 16.4. The lowest BCUT2D eigenvalue weighted by atomic mass is 10.1. The maximum Gasteiger partial charge on any atom is 0.194 e. The van der Waals surface area contributed by atoms with Gasteiger partial charge >= 0.3 is 0 Å². The molecule has 0 amide bonds. The third-order valence-electron chi connectivity index (χ3n) is 4.68. The summed E-state index contributed by atoms with van der Waals surface area (Å²) in [6.45, 7) is 7.32. The second-order valence-electron chi connectivity index (χ2n) is 6.31. The van der Waals surface area contributed by atoms with E-state index >= 15 is 0 Å². The van der Waals surface area contributed by atoms with E-state index in [4.69, 9.17) is 0 Å². The highest BCUT2D eigenvalue weighted by molar-refractivity contribution is 5.79. The predicted molar refractivity (Wildman–Crippen MR) is 101 cm³/mol. The van der Waals surface area contributed by atoms with Crippen LogP contribution in [0.3, 0.4) is 0 Å². The van der Waals surface area contributed by atoms with Crippen molar-refractivity contribution >= 4 is 10.9 Å². The molecule has 1 aliphatic heterocycles. The third-order valence-corrected chi connectivity index (χ3v) is 4.68. The number of para-hydroxylation sites is 1. The van der Waals surface area contributed by atoms with Crippen LogP contribution in [-0.4, -0.2) is 4.98 Å². The van der Waals surface area contributed by atoms with Crippen LogP contribution < -0.4 is 10.7 Å². The Morgan fingerprint density at radius 2 is 2.00 bits per heavy atom. The molecule has 0 bridgehead atoms. The zero-order chi connectivity index (χ0) is 16.9. The van der Waals surface area contributed by atoms with Crippen LogP contribution in [0.4, 0.5) is 0 Å². The molecule has 2 heterocycles. The topological polar surface area (TPSA) is 44.9 Å². The van der Waals surface area contributed by atoms with Gasteiger partial charge in [0.25, 0.3) is 0 Å². The van der Waals surface area contributed by atoms with Crippen LogP contribution in [0.5, 0.6) is 0 Å². The molecule has 24 heavy (non-hydrogen) atoms. The number of nitrogens with one attached hydrogen (secondary N) is 2. The molecule has 2 N–H and O–H groups in total. The Morgan fingerprint density at radius 3 is 2.75 bits per heavy atom. The smallest absolute Gasteiger partial charge is 0.194 e. The van der Waals surface area contributed by atoms with E-state index in [0.29, 0.717) is 6.54 Å². The fraction of sp³-hybridized carbons (Fsp3) is 0.286. The summed E-state index contributed by atoms with van der Waals surface area (Å²) in [4.78, 5) is 15.2. The number of aromatic nitrogens is 1. The van der Waals surface area contributed by atoms with E-state index in [2.05, 4.69) is 29.9 Å². The van der Waals surface area contributed by atoms with E-state index < -0.39 is 0 Å². The lowest BCUT2D eigenvalue weighted by Crippen LogP contribution is -2.11. The fourth-order valence-electron chi connectivity index (χ4n) is 3.31. The molecule has 3 nitrogen and oxygen atoms in total. The highest BCUT2D eigenvalue weighted by Crippen LogP contribution is 2.25. The van der Waals surface area contributed by atoms with Gasteiger partial charge in [-0.15, -0.1) is 0 Å². The molecule has 0 unspecified atom stereocenters. The molecule has 0 fully saturated rings. The molecule has 4 rings (SSSR count). The highest BCUT2D eigenvalue weighted by Gasteiger charge is 2.15. The first kappa shape index (κ1) is 16.5. The van der Waals surface area contributed by atoms with Crippen LogP contribution in [-0.2, 0) is 13.1 Å². The Morgan fingerprint density at radius 1 is 1.17 bits per heavy atom. The number of aromatic amines is 1. The number of hydrogen-bond acceptors (Lipinski definition) is 2. The van der Waals surface area contributed by atoms with E-state index in [9.17, 15) is 4.79 Å². The summed E-state index contributed by atoms with van der Waals surface area (Å²) < 4.78 is 0. The van der Waals surface area contributed by atoms with Gasteiger partial charge in [0, 0.05) is 35.2 Å². The Labute approximate surface area is 142 Å². The minimum Gasteiger partial charge on any atom is -0.357 e. The number of pyridine rings is 1.